The molecule has 0 fully saturated rings. The Morgan fingerprint density at radius 2 is 1.95 bits per heavy atom. The molecule has 0 spiro atoms. The molecule has 0 saturated heterocycles. The molecule has 0 atom stereocenters. The predicted molar refractivity (Wildman–Crippen MR) is 81.9 cm³/mol. The highest BCUT2D eigenvalue weighted by Crippen LogP contribution is 2.24. The Balaban J connectivity index is 2.07. The maximum absolute atomic E-state index is 12.5. The van der Waals surface area contributed by atoms with Crippen molar-refractivity contribution in [2.45, 2.75) is 4.90 Å². The number of nitrogens with two attached hydrogens (primary N) is 1. The second-order valence-electron chi connectivity index (χ2n) is 4.57. The molecule has 0 aliphatic heterocycles. The van der Waals surface area contributed by atoms with Crippen LogP contribution in [0.5, 0.6) is 0 Å². The third-order valence-electron chi connectivity index (χ3n) is 3.14. The molecule has 2 aromatic heterocycles. The van der Waals surface area contributed by atoms with Gasteiger partial charge in [0.2, 0.25) is 0 Å². The van der Waals surface area contributed by atoms with Gasteiger partial charge >= 0.3 is 0 Å². The summed E-state index contributed by atoms with van der Waals surface area (Å²) < 4.78 is 27.5. The van der Waals surface area contributed by atoms with E-state index in [4.69, 9.17) is 5.73 Å². The number of fused-ring (bicyclic) bond motifs is 1. The maximum atomic E-state index is 12.5. The first-order chi connectivity index (χ1) is 10.5. The summed E-state index contributed by atoms with van der Waals surface area (Å²) >= 11 is 0. The smallest absolute Gasteiger partial charge is 0.264 e. The van der Waals surface area contributed by atoms with Crippen molar-refractivity contribution in [3.8, 4) is 0 Å². The number of nitrogens with zero attached hydrogens (tertiary/aromatic N) is 1. The highest BCUT2D eigenvalue weighted by atomic mass is 32.2. The number of nitrogens with one attached hydrogen (secondary N) is 2. The summed E-state index contributed by atoms with van der Waals surface area (Å²) in [5, 5.41) is 0.464. The Bertz CT molecular complexity index is 963. The minimum atomic E-state index is -3.88. The second kappa shape index (κ2) is 5.15. The molecule has 0 radical (unpaired) electrons. The Morgan fingerprint density at radius 1 is 1.18 bits per heavy atom. The van der Waals surface area contributed by atoms with Gasteiger partial charge in [0.1, 0.15) is 10.5 Å². The number of aromatic amines is 1. The molecule has 3 aromatic rings. The molecule has 4 N–H and O–H groups in total. The Kier molecular flexibility index (Phi) is 3.30. The number of H-pyrrole nitrogens is 1. The van der Waals surface area contributed by atoms with Gasteiger partial charge in [-0.1, -0.05) is 12.1 Å². The van der Waals surface area contributed by atoms with Crippen LogP contribution >= 0.6 is 0 Å². The Labute approximate surface area is 126 Å². The normalized spacial score (nSPS) is 11.5. The van der Waals surface area contributed by atoms with Gasteiger partial charge in [-0.05, 0) is 24.3 Å². The van der Waals surface area contributed by atoms with Crippen LogP contribution in [0.15, 0.2) is 53.7 Å². The average Bonchev–Trinajstić information content (AvgIpc) is 2.92. The van der Waals surface area contributed by atoms with Crippen LogP contribution in [0.3, 0.4) is 0 Å². The third-order valence-corrected chi connectivity index (χ3v) is 4.54. The summed E-state index contributed by atoms with van der Waals surface area (Å²) in [6.45, 7) is 0. The number of hydrogen-bond acceptors (Lipinski definition) is 4. The number of para-hydroxylation sites is 1. The minimum Gasteiger partial charge on any atom is -0.366 e. The largest absolute Gasteiger partial charge is 0.366 e. The molecule has 0 unspecified atom stereocenters. The van der Waals surface area contributed by atoms with Crippen LogP contribution in [-0.2, 0) is 10.0 Å². The molecule has 1 amide bonds. The summed E-state index contributed by atoms with van der Waals surface area (Å²) in [5.74, 6) is -0.709. The first-order valence-corrected chi connectivity index (χ1v) is 7.81. The van der Waals surface area contributed by atoms with Crippen molar-refractivity contribution in [1.29, 1.82) is 0 Å². The number of amides is 1. The molecule has 0 saturated carbocycles. The first-order valence-electron chi connectivity index (χ1n) is 6.33. The summed E-state index contributed by atoms with van der Waals surface area (Å²) in [4.78, 5) is 18.3. The van der Waals surface area contributed by atoms with E-state index in [2.05, 4.69) is 14.7 Å². The molecule has 112 valence electrons. The Hall–Kier alpha value is -2.87. The second-order valence-corrected chi connectivity index (χ2v) is 6.22. The van der Waals surface area contributed by atoms with Crippen molar-refractivity contribution in [2.75, 3.05) is 4.72 Å². The van der Waals surface area contributed by atoms with E-state index >= 15 is 0 Å². The molecule has 1 aromatic carbocycles. The third kappa shape index (κ3) is 2.40. The van der Waals surface area contributed by atoms with E-state index in [1.165, 1.54) is 18.3 Å². The van der Waals surface area contributed by atoms with Gasteiger partial charge < -0.3 is 10.7 Å². The molecule has 0 aliphatic rings. The predicted octanol–water partition coefficient (Wildman–Crippen LogP) is 1.46. The molecule has 22 heavy (non-hydrogen) atoms. The van der Waals surface area contributed by atoms with E-state index in [1.807, 2.05) is 0 Å². The van der Waals surface area contributed by atoms with Gasteiger partial charge in [-0.3, -0.25) is 9.52 Å². The van der Waals surface area contributed by atoms with Gasteiger partial charge in [-0.2, -0.15) is 0 Å². The van der Waals surface area contributed by atoms with Gasteiger partial charge in [0, 0.05) is 17.8 Å². The minimum absolute atomic E-state index is 0.0508. The average molecular weight is 316 g/mol. The zero-order valence-corrected chi connectivity index (χ0v) is 12.1. The topological polar surface area (TPSA) is 118 Å². The standard InChI is InChI=1S/C14H12N4O3S/c15-13(19)9-4-1-2-6-11(9)18-22(20,21)12-8-17-14-10(12)5-3-7-16-14/h1-8,18H,(H2,15,19)(H,16,17). The van der Waals surface area contributed by atoms with Crippen LogP contribution in [0.4, 0.5) is 5.69 Å². The summed E-state index contributed by atoms with van der Waals surface area (Å²) in [7, 11) is -3.88. The molecule has 7 nitrogen and oxygen atoms in total. The fourth-order valence-electron chi connectivity index (χ4n) is 2.14. The number of hydrogen-bond donors (Lipinski definition) is 3. The lowest BCUT2D eigenvalue weighted by molar-refractivity contribution is 0.100. The lowest BCUT2D eigenvalue weighted by Gasteiger charge is -2.10. The van der Waals surface area contributed by atoms with Gasteiger partial charge in [0.25, 0.3) is 15.9 Å². The zero-order chi connectivity index (χ0) is 15.7. The lowest BCUT2D eigenvalue weighted by Crippen LogP contribution is -2.18. The quantitative estimate of drug-likeness (QED) is 0.675. The highest BCUT2D eigenvalue weighted by Gasteiger charge is 2.21. The number of rotatable bonds is 4. The van der Waals surface area contributed by atoms with E-state index in [1.54, 1.807) is 30.5 Å². The SMILES string of the molecule is NC(=O)c1ccccc1NS(=O)(=O)c1c[nH]c2ncccc12. The number of carbonyl (C=O) groups is 1. The number of benzene rings is 1. The van der Waals surface area contributed by atoms with Crippen LogP contribution in [0.25, 0.3) is 11.0 Å². The lowest BCUT2D eigenvalue weighted by atomic mass is 10.2. The molecule has 0 bridgehead atoms. The molecule has 0 aliphatic carbocycles. The van der Waals surface area contributed by atoms with Crippen molar-refractivity contribution in [3.63, 3.8) is 0 Å². The van der Waals surface area contributed by atoms with Gasteiger partial charge in [-0.15, -0.1) is 0 Å². The van der Waals surface area contributed by atoms with E-state index < -0.39 is 15.9 Å². The van der Waals surface area contributed by atoms with Crippen LogP contribution in [0.2, 0.25) is 0 Å². The van der Waals surface area contributed by atoms with Gasteiger partial charge in [-0.25, -0.2) is 13.4 Å². The van der Waals surface area contributed by atoms with Gasteiger partial charge in [0.05, 0.1) is 11.3 Å². The van der Waals surface area contributed by atoms with Crippen LogP contribution in [0.1, 0.15) is 10.4 Å². The van der Waals surface area contributed by atoms with Crippen molar-refractivity contribution in [3.05, 3.63) is 54.4 Å². The van der Waals surface area contributed by atoms with E-state index in [0.29, 0.717) is 11.0 Å². The zero-order valence-electron chi connectivity index (χ0n) is 11.3. The maximum Gasteiger partial charge on any atom is 0.264 e. The van der Waals surface area contributed by atoms with Crippen LogP contribution in [-0.4, -0.2) is 24.3 Å². The van der Waals surface area contributed by atoms with Crippen molar-refractivity contribution < 1.29 is 13.2 Å². The summed E-state index contributed by atoms with van der Waals surface area (Å²) in [6.07, 6.45) is 2.91. The summed E-state index contributed by atoms with van der Waals surface area (Å²) in [5.41, 5.74) is 5.95. The van der Waals surface area contributed by atoms with Gasteiger partial charge in [0.15, 0.2) is 0 Å². The Morgan fingerprint density at radius 3 is 2.73 bits per heavy atom. The monoisotopic (exact) mass is 316 g/mol. The van der Waals surface area contributed by atoms with Crippen molar-refractivity contribution in [2.24, 2.45) is 5.73 Å². The number of anilines is 1. The number of pyridine rings is 1. The highest BCUT2D eigenvalue weighted by molar-refractivity contribution is 7.93. The van der Waals surface area contributed by atoms with Crippen molar-refractivity contribution >= 4 is 32.7 Å². The van der Waals surface area contributed by atoms with Crippen LogP contribution in [0, 0.1) is 0 Å². The first kappa shape index (κ1) is 14.1. The molecule has 3 rings (SSSR count). The summed E-state index contributed by atoms with van der Waals surface area (Å²) in [6, 6.07) is 9.44. The molecule has 8 heteroatoms. The number of sulfonamides is 1. The molecule has 2 heterocycles. The fourth-order valence-corrected chi connectivity index (χ4v) is 3.39. The molecular weight excluding hydrogens is 304 g/mol. The van der Waals surface area contributed by atoms with E-state index in [0.717, 1.165) is 0 Å². The number of carbonyl (C=O) groups excluding carboxylic acids is 1. The van der Waals surface area contributed by atoms with E-state index in [-0.39, 0.29) is 16.1 Å². The number of primary amides is 1. The molecular formula is C14H12N4O3S. The van der Waals surface area contributed by atoms with Crippen LogP contribution < -0.4 is 10.5 Å². The van der Waals surface area contributed by atoms with Crippen molar-refractivity contribution in [1.82, 2.24) is 9.97 Å². The van der Waals surface area contributed by atoms with E-state index in [9.17, 15) is 13.2 Å². The number of aromatic nitrogens is 2. The fraction of sp³-hybridized carbons (Fsp3) is 0.